The second-order valence-corrected chi connectivity index (χ2v) is 15.9. The number of ether oxygens (including phenoxy) is 3. The van der Waals surface area contributed by atoms with Gasteiger partial charge in [-0.2, -0.15) is 0 Å². The maximum atomic E-state index is 13.8. The first kappa shape index (κ1) is 35.8. The maximum Gasteiger partial charge on any atom is 0.339 e. The summed E-state index contributed by atoms with van der Waals surface area (Å²) in [6.07, 6.45) is 6.17. The minimum atomic E-state index is -2.35. The quantitative estimate of drug-likeness (QED) is 0.192. The zero-order valence-corrected chi connectivity index (χ0v) is 28.6. The highest BCUT2D eigenvalue weighted by Gasteiger charge is 2.47. The van der Waals surface area contributed by atoms with Crippen molar-refractivity contribution in [3.8, 4) is 0 Å². The number of aliphatic hydroxyl groups is 1. The summed E-state index contributed by atoms with van der Waals surface area (Å²) >= 11 is 0. The molecule has 9 atom stereocenters. The van der Waals surface area contributed by atoms with E-state index in [1.807, 2.05) is 0 Å². The molecule has 7 nitrogen and oxygen atoms in total. The van der Waals surface area contributed by atoms with Gasteiger partial charge in [-0.25, -0.2) is 4.79 Å². The molecule has 0 aromatic carbocycles. The molecule has 43 heavy (non-hydrogen) atoms. The van der Waals surface area contributed by atoms with E-state index < -0.39 is 36.4 Å². The van der Waals surface area contributed by atoms with Crippen LogP contribution in [-0.4, -0.2) is 46.9 Å². The number of esters is 3. The number of hydrogen-bond acceptors (Lipinski definition) is 7. The second-order valence-electron chi connectivity index (χ2n) is 15.9. The van der Waals surface area contributed by atoms with E-state index in [4.69, 9.17) is 14.2 Å². The lowest BCUT2D eigenvalue weighted by atomic mass is 9.75. The first-order valence-electron chi connectivity index (χ1n) is 17.4. The van der Waals surface area contributed by atoms with Crippen molar-refractivity contribution in [3.05, 3.63) is 0 Å². The van der Waals surface area contributed by atoms with E-state index in [-0.39, 0.29) is 36.1 Å². The van der Waals surface area contributed by atoms with E-state index in [0.717, 1.165) is 51.4 Å². The van der Waals surface area contributed by atoms with Gasteiger partial charge in [-0.15, -0.1) is 0 Å². The summed E-state index contributed by atoms with van der Waals surface area (Å²) in [5.74, 6) is 0.601. The molecule has 7 heteroatoms. The summed E-state index contributed by atoms with van der Waals surface area (Å²) in [6, 6.07) is 0. The Kier molecular flexibility index (Phi) is 13.0. The maximum absolute atomic E-state index is 13.8. The number of carbonyl (C=O) groups is 3. The molecular formula is C36H62O7. The fourth-order valence-corrected chi connectivity index (χ4v) is 8.10. The minimum Gasteiger partial charge on any atom is -0.462 e. The SMILES string of the molecule is CC1CCC(C(C)C)C(OC(=O)CC(O)(CC(=O)OC2CC(C)CCC2C(C)C)C(=O)OC2C[C@H](C)CCC2C(C)C)C1. The van der Waals surface area contributed by atoms with Gasteiger partial charge in [0, 0.05) is 0 Å². The molecule has 0 aliphatic heterocycles. The van der Waals surface area contributed by atoms with Gasteiger partial charge < -0.3 is 19.3 Å². The fraction of sp³-hybridized carbons (Fsp3) is 0.917. The second kappa shape index (κ2) is 15.6. The van der Waals surface area contributed by atoms with Crippen molar-refractivity contribution in [2.45, 2.75) is 157 Å². The van der Waals surface area contributed by atoms with Crippen LogP contribution in [0.5, 0.6) is 0 Å². The first-order valence-corrected chi connectivity index (χ1v) is 17.4. The van der Waals surface area contributed by atoms with Crippen LogP contribution in [-0.2, 0) is 28.6 Å². The normalized spacial score (nSPS) is 35.0. The van der Waals surface area contributed by atoms with Gasteiger partial charge in [0.15, 0.2) is 5.60 Å². The molecule has 8 unspecified atom stereocenters. The Morgan fingerprint density at radius 3 is 1.19 bits per heavy atom. The molecule has 3 aliphatic rings. The first-order chi connectivity index (χ1) is 20.1. The van der Waals surface area contributed by atoms with Crippen molar-refractivity contribution in [2.24, 2.45) is 53.3 Å². The summed E-state index contributed by atoms with van der Waals surface area (Å²) in [4.78, 5) is 40.7. The average molecular weight is 607 g/mol. The van der Waals surface area contributed by atoms with Crippen LogP contribution in [0.1, 0.15) is 133 Å². The highest BCUT2D eigenvalue weighted by atomic mass is 16.6. The molecule has 248 valence electrons. The Bertz CT molecular complexity index is 879. The molecule has 0 radical (unpaired) electrons. The van der Waals surface area contributed by atoms with E-state index in [1.54, 1.807) is 0 Å². The third-order valence-corrected chi connectivity index (χ3v) is 11.0. The van der Waals surface area contributed by atoms with Crippen molar-refractivity contribution in [1.82, 2.24) is 0 Å². The summed E-state index contributed by atoms with van der Waals surface area (Å²) < 4.78 is 18.0. The molecule has 0 aromatic rings. The molecular weight excluding hydrogens is 544 g/mol. The van der Waals surface area contributed by atoms with E-state index in [2.05, 4.69) is 62.3 Å². The summed E-state index contributed by atoms with van der Waals surface area (Å²) in [7, 11) is 0. The number of carbonyl (C=O) groups excluding carboxylic acids is 3. The van der Waals surface area contributed by atoms with Crippen LogP contribution in [0, 0.1) is 53.3 Å². The van der Waals surface area contributed by atoms with Crippen LogP contribution in [0.4, 0.5) is 0 Å². The average Bonchev–Trinajstić information content (AvgIpc) is 2.87. The van der Waals surface area contributed by atoms with Gasteiger partial charge >= 0.3 is 17.9 Å². The molecule has 0 saturated heterocycles. The van der Waals surface area contributed by atoms with Gasteiger partial charge in [0.1, 0.15) is 18.3 Å². The van der Waals surface area contributed by atoms with E-state index in [9.17, 15) is 19.5 Å². The van der Waals surface area contributed by atoms with Gasteiger partial charge in [0.25, 0.3) is 0 Å². The van der Waals surface area contributed by atoms with Crippen LogP contribution >= 0.6 is 0 Å². The Morgan fingerprint density at radius 1 is 0.581 bits per heavy atom. The molecule has 3 saturated carbocycles. The van der Waals surface area contributed by atoms with E-state index >= 15 is 0 Å². The van der Waals surface area contributed by atoms with E-state index in [1.165, 1.54) is 0 Å². The molecule has 3 fully saturated rings. The van der Waals surface area contributed by atoms with Gasteiger partial charge in [-0.1, -0.05) is 81.6 Å². The molecule has 0 heterocycles. The Morgan fingerprint density at radius 2 is 0.884 bits per heavy atom. The lowest BCUT2D eigenvalue weighted by Crippen LogP contribution is -2.49. The third-order valence-electron chi connectivity index (χ3n) is 11.0. The molecule has 0 amide bonds. The number of rotatable bonds is 11. The summed E-state index contributed by atoms with van der Waals surface area (Å²) in [5, 5.41) is 11.9. The topological polar surface area (TPSA) is 99.1 Å². The summed E-state index contributed by atoms with van der Waals surface area (Å²) in [6.45, 7) is 19.3. The third kappa shape index (κ3) is 9.93. The predicted molar refractivity (Wildman–Crippen MR) is 168 cm³/mol. The molecule has 0 spiro atoms. The van der Waals surface area contributed by atoms with Crippen LogP contribution < -0.4 is 0 Å². The van der Waals surface area contributed by atoms with Gasteiger partial charge in [0.05, 0.1) is 12.8 Å². The Labute approximate surface area is 261 Å². The highest BCUT2D eigenvalue weighted by molar-refractivity contribution is 5.90. The highest BCUT2D eigenvalue weighted by Crippen LogP contribution is 2.39. The van der Waals surface area contributed by atoms with Crippen molar-refractivity contribution in [2.75, 3.05) is 0 Å². The van der Waals surface area contributed by atoms with Gasteiger partial charge in [-0.05, 0) is 91.8 Å². The lowest BCUT2D eigenvalue weighted by molar-refractivity contribution is -0.190. The monoisotopic (exact) mass is 606 g/mol. The largest absolute Gasteiger partial charge is 0.462 e. The van der Waals surface area contributed by atoms with Crippen molar-refractivity contribution < 1.29 is 33.7 Å². The molecule has 0 aromatic heterocycles. The van der Waals surface area contributed by atoms with Crippen LogP contribution in [0.2, 0.25) is 0 Å². The zero-order valence-electron chi connectivity index (χ0n) is 28.6. The van der Waals surface area contributed by atoms with Crippen molar-refractivity contribution >= 4 is 17.9 Å². The Hall–Kier alpha value is -1.63. The number of hydrogen-bond donors (Lipinski definition) is 1. The molecule has 3 aliphatic carbocycles. The minimum absolute atomic E-state index is 0.161. The molecule has 0 bridgehead atoms. The smallest absolute Gasteiger partial charge is 0.339 e. The Balaban J connectivity index is 1.80. The van der Waals surface area contributed by atoms with Crippen molar-refractivity contribution in [1.29, 1.82) is 0 Å². The van der Waals surface area contributed by atoms with E-state index in [0.29, 0.717) is 41.9 Å². The predicted octanol–water partition coefficient (Wildman–Crippen LogP) is 7.51. The summed E-state index contributed by atoms with van der Waals surface area (Å²) in [5.41, 5.74) is -2.35. The zero-order chi connectivity index (χ0) is 32.1. The van der Waals surface area contributed by atoms with Crippen LogP contribution in [0.15, 0.2) is 0 Å². The fourth-order valence-electron chi connectivity index (χ4n) is 8.10. The molecule has 1 N–H and O–H groups in total. The molecule has 3 rings (SSSR count). The lowest BCUT2D eigenvalue weighted by Gasteiger charge is -2.39. The van der Waals surface area contributed by atoms with Crippen LogP contribution in [0.3, 0.4) is 0 Å². The van der Waals surface area contributed by atoms with Crippen molar-refractivity contribution in [3.63, 3.8) is 0 Å². The van der Waals surface area contributed by atoms with Gasteiger partial charge in [0.2, 0.25) is 0 Å². The van der Waals surface area contributed by atoms with Crippen LogP contribution in [0.25, 0.3) is 0 Å². The van der Waals surface area contributed by atoms with Gasteiger partial charge in [-0.3, -0.25) is 9.59 Å². The standard InChI is InChI=1S/C36H62O7/c1-21(2)27-13-10-24(7)16-30(27)41-33(37)19-36(40,35(39)43-32-18-26(9)12-15-29(32)23(5)6)20-34(38)42-31-17-25(8)11-14-28(31)22(3)4/h21-32,40H,10-20H2,1-9H3/t24?,25?,26-,27?,28?,29?,30?,31?,32?,36?/m1/s1.